The summed E-state index contributed by atoms with van der Waals surface area (Å²) in [6, 6.07) is 0. The average Bonchev–Trinajstić information content (AvgIpc) is 3.19. The van der Waals surface area contributed by atoms with Crippen LogP contribution in [0.15, 0.2) is 0 Å². The quantitative estimate of drug-likeness (QED) is 0.0437. The van der Waals surface area contributed by atoms with E-state index in [0.717, 1.165) is 25.7 Å². The van der Waals surface area contributed by atoms with Crippen molar-refractivity contribution in [2.75, 3.05) is 99.1 Å². The van der Waals surface area contributed by atoms with Gasteiger partial charge in [-0.2, -0.15) is 0 Å². The summed E-state index contributed by atoms with van der Waals surface area (Å²) in [4.78, 5) is 34.0. The van der Waals surface area contributed by atoms with Crippen molar-refractivity contribution in [2.24, 2.45) is 17.8 Å². The highest BCUT2D eigenvalue weighted by Gasteiger charge is 2.13. The first-order valence-electron chi connectivity index (χ1n) is 20.7. The molecule has 5 unspecified atom stereocenters. The first-order valence-corrected chi connectivity index (χ1v) is 20.7. The number of aliphatic hydroxyl groups is 2. The molecule has 55 heavy (non-hydrogen) atoms. The molecule has 14 nitrogen and oxygen atoms in total. The van der Waals surface area contributed by atoms with Gasteiger partial charge in [-0.15, -0.1) is 0 Å². The maximum atomic E-state index is 11.3. The molecule has 0 amide bonds. The summed E-state index contributed by atoms with van der Waals surface area (Å²) in [5.41, 5.74) is 0. The number of rotatable bonds is 35. The molecular weight excluding hydrogens is 716 g/mol. The Bertz CT molecular complexity index is 831. The van der Waals surface area contributed by atoms with Crippen LogP contribution >= 0.6 is 0 Å². The molecule has 0 saturated heterocycles. The van der Waals surface area contributed by atoms with Crippen LogP contribution in [0.5, 0.6) is 0 Å². The van der Waals surface area contributed by atoms with Gasteiger partial charge in [-0.25, -0.2) is 0 Å². The molecule has 2 N–H and O–H groups in total. The Morgan fingerprint density at radius 3 is 1.24 bits per heavy atom. The highest BCUT2D eigenvalue weighted by molar-refractivity contribution is 5.72. The van der Waals surface area contributed by atoms with Crippen LogP contribution in [-0.4, -0.2) is 139 Å². The molecule has 0 bridgehead atoms. The second kappa shape index (κ2) is 44.8. The third kappa shape index (κ3) is 43.1. The lowest BCUT2D eigenvalue weighted by molar-refractivity contribution is -0.150. The molecule has 0 aliphatic carbocycles. The van der Waals surface area contributed by atoms with Gasteiger partial charge in [0.1, 0.15) is 13.2 Å². The molecule has 0 aliphatic heterocycles. The number of esters is 3. The van der Waals surface area contributed by atoms with E-state index in [4.69, 9.17) is 52.8 Å². The number of aliphatic hydroxyl groups excluding tert-OH is 2. The molecule has 0 heterocycles. The monoisotopic (exact) mass is 799 g/mol. The summed E-state index contributed by atoms with van der Waals surface area (Å²) in [5, 5.41) is 17.1. The highest BCUT2D eigenvalue weighted by Crippen LogP contribution is 2.08. The number of ether oxygens (including phenoxy) is 9. The zero-order chi connectivity index (χ0) is 42.0. The average molecular weight is 799 g/mol. The van der Waals surface area contributed by atoms with E-state index in [9.17, 15) is 14.4 Å². The standard InChI is InChI=1S/2C14H28O6.C13H26O2/c1-4-12(2)14(16)20-10-8-17-7-9-19-13(3)11-18-6-5-15;1-4-12(2)14(16)20-10-9-17-7-8-18-11-13(3)19-6-5-15;1-4-6-7-8-9-10-11-15-13(14)12(3)5-2/h2*12-13,15H,4-11H2,1-3H3;12H,4-11H2,1-3H3. The van der Waals surface area contributed by atoms with Gasteiger partial charge in [0, 0.05) is 0 Å². The summed E-state index contributed by atoms with van der Waals surface area (Å²) in [7, 11) is 0. The van der Waals surface area contributed by atoms with E-state index >= 15 is 0 Å². The van der Waals surface area contributed by atoms with Gasteiger partial charge in [-0.3, -0.25) is 14.4 Å². The fourth-order valence-corrected chi connectivity index (χ4v) is 3.93. The van der Waals surface area contributed by atoms with Crippen LogP contribution in [0, 0.1) is 17.8 Å². The third-order valence-electron chi connectivity index (χ3n) is 8.17. The molecular formula is C41H82O14. The third-order valence-corrected chi connectivity index (χ3v) is 8.17. The molecule has 0 aliphatic rings. The van der Waals surface area contributed by atoms with Gasteiger partial charge < -0.3 is 52.8 Å². The number of hydrogen-bond acceptors (Lipinski definition) is 14. The van der Waals surface area contributed by atoms with Crippen molar-refractivity contribution in [3.05, 3.63) is 0 Å². The zero-order valence-corrected chi connectivity index (χ0v) is 36.2. The first kappa shape index (κ1) is 57.4. The molecule has 0 aromatic rings. The van der Waals surface area contributed by atoms with Crippen LogP contribution in [0.4, 0.5) is 0 Å². The summed E-state index contributed by atoms with van der Waals surface area (Å²) in [5.74, 6) is -0.447. The van der Waals surface area contributed by atoms with Crippen molar-refractivity contribution in [1.82, 2.24) is 0 Å². The number of hydrogen-bond donors (Lipinski definition) is 2. The van der Waals surface area contributed by atoms with Gasteiger partial charge in [0.15, 0.2) is 0 Å². The van der Waals surface area contributed by atoms with Gasteiger partial charge in [-0.05, 0) is 39.5 Å². The summed E-state index contributed by atoms with van der Waals surface area (Å²) in [6.07, 6.45) is 9.76. The Morgan fingerprint density at radius 1 is 0.418 bits per heavy atom. The van der Waals surface area contributed by atoms with Crippen molar-refractivity contribution in [3.8, 4) is 0 Å². The number of carbonyl (C=O) groups is 3. The largest absolute Gasteiger partial charge is 0.465 e. The Balaban J connectivity index is -0.000000747. The smallest absolute Gasteiger partial charge is 0.308 e. The van der Waals surface area contributed by atoms with Crippen LogP contribution in [-0.2, 0) is 57.0 Å². The van der Waals surface area contributed by atoms with E-state index in [-0.39, 0.29) is 74.3 Å². The normalized spacial score (nSPS) is 13.6. The maximum absolute atomic E-state index is 11.3. The van der Waals surface area contributed by atoms with Crippen LogP contribution < -0.4 is 0 Å². The summed E-state index contributed by atoms with van der Waals surface area (Å²) in [6.45, 7) is 22.8. The predicted molar refractivity (Wildman–Crippen MR) is 213 cm³/mol. The predicted octanol–water partition coefficient (Wildman–Crippen LogP) is 5.95. The number of unbranched alkanes of at least 4 members (excludes halogenated alkanes) is 5. The molecule has 0 aromatic carbocycles. The van der Waals surface area contributed by atoms with E-state index in [0.29, 0.717) is 72.7 Å². The van der Waals surface area contributed by atoms with Crippen molar-refractivity contribution in [1.29, 1.82) is 0 Å². The van der Waals surface area contributed by atoms with E-state index in [2.05, 4.69) is 6.92 Å². The minimum atomic E-state index is -0.179. The Kier molecular flexibility index (Phi) is 46.8. The summed E-state index contributed by atoms with van der Waals surface area (Å²) < 4.78 is 46.9. The maximum Gasteiger partial charge on any atom is 0.308 e. The van der Waals surface area contributed by atoms with Crippen LogP contribution in [0.3, 0.4) is 0 Å². The second-order valence-corrected chi connectivity index (χ2v) is 13.4. The fourth-order valence-electron chi connectivity index (χ4n) is 3.93. The second-order valence-electron chi connectivity index (χ2n) is 13.4. The SMILES string of the molecule is CCC(C)C(=O)OCCOCCOC(C)COCCO.CCC(C)C(=O)OCCOCCOCC(C)OCCO.CCCCCCCCOC(=O)C(C)CC. The lowest BCUT2D eigenvalue weighted by Crippen LogP contribution is -2.21. The molecule has 330 valence electrons. The Morgan fingerprint density at radius 2 is 0.782 bits per heavy atom. The lowest BCUT2D eigenvalue weighted by Gasteiger charge is -2.13. The minimum Gasteiger partial charge on any atom is -0.465 e. The fraction of sp³-hybridized carbons (Fsp3) is 0.927. The van der Waals surface area contributed by atoms with E-state index < -0.39 is 0 Å². The molecule has 0 fully saturated rings. The van der Waals surface area contributed by atoms with Crippen molar-refractivity contribution in [3.63, 3.8) is 0 Å². The van der Waals surface area contributed by atoms with Gasteiger partial charge in [-0.1, -0.05) is 80.6 Å². The van der Waals surface area contributed by atoms with Crippen molar-refractivity contribution in [2.45, 2.75) is 132 Å². The topological polar surface area (TPSA) is 175 Å². The minimum absolute atomic E-state index is 0.0167. The van der Waals surface area contributed by atoms with Crippen LogP contribution in [0.25, 0.3) is 0 Å². The first-order chi connectivity index (χ1) is 26.4. The van der Waals surface area contributed by atoms with Crippen molar-refractivity contribution >= 4 is 17.9 Å². The van der Waals surface area contributed by atoms with Gasteiger partial charge in [0.25, 0.3) is 0 Å². The van der Waals surface area contributed by atoms with Gasteiger partial charge in [0.05, 0.1) is 116 Å². The number of carbonyl (C=O) groups excluding carboxylic acids is 3. The van der Waals surface area contributed by atoms with Gasteiger partial charge >= 0.3 is 17.9 Å². The Hall–Kier alpha value is -1.91. The zero-order valence-electron chi connectivity index (χ0n) is 36.2. The van der Waals surface area contributed by atoms with E-state index in [1.165, 1.54) is 32.1 Å². The molecule has 0 aromatic heterocycles. The molecule has 0 rings (SSSR count). The van der Waals surface area contributed by atoms with E-state index in [1.807, 2.05) is 55.4 Å². The van der Waals surface area contributed by atoms with Crippen LogP contribution in [0.2, 0.25) is 0 Å². The molecule has 0 radical (unpaired) electrons. The molecule has 0 saturated carbocycles. The van der Waals surface area contributed by atoms with Crippen LogP contribution in [0.1, 0.15) is 120 Å². The molecule has 14 heteroatoms. The lowest BCUT2D eigenvalue weighted by atomic mass is 10.1. The highest BCUT2D eigenvalue weighted by atomic mass is 16.6. The van der Waals surface area contributed by atoms with E-state index in [1.54, 1.807) is 0 Å². The summed E-state index contributed by atoms with van der Waals surface area (Å²) >= 11 is 0. The molecule has 0 spiro atoms. The van der Waals surface area contributed by atoms with Crippen molar-refractivity contribution < 1.29 is 67.2 Å². The van der Waals surface area contributed by atoms with Gasteiger partial charge in [0.2, 0.25) is 0 Å². The molecule has 5 atom stereocenters. The Labute approximate surface area is 333 Å².